The van der Waals surface area contributed by atoms with Crippen LogP contribution in [0, 0.1) is 0 Å². The average Bonchev–Trinajstić information content (AvgIpc) is 2.13. The first-order valence-corrected chi connectivity index (χ1v) is 5.69. The molecule has 0 amide bonds. The third-order valence-corrected chi connectivity index (χ3v) is 2.23. The Labute approximate surface area is 89.4 Å². The van der Waals surface area contributed by atoms with E-state index in [-0.39, 0.29) is 0 Å². The SMILES string of the molecule is C=CCCCC(CN(C)C)NCCC. The van der Waals surface area contributed by atoms with Gasteiger partial charge in [0.15, 0.2) is 0 Å². The molecule has 0 aliphatic heterocycles. The number of hydrogen-bond acceptors (Lipinski definition) is 2. The maximum atomic E-state index is 3.75. The molecule has 2 heteroatoms. The van der Waals surface area contributed by atoms with Crippen molar-refractivity contribution in [2.24, 2.45) is 0 Å². The molecule has 0 bridgehead atoms. The van der Waals surface area contributed by atoms with E-state index >= 15 is 0 Å². The zero-order valence-corrected chi connectivity index (χ0v) is 10.1. The number of unbranched alkanes of at least 4 members (excludes halogenated alkanes) is 1. The molecule has 0 aliphatic rings. The number of nitrogens with one attached hydrogen (secondary N) is 1. The van der Waals surface area contributed by atoms with Crippen LogP contribution in [0.4, 0.5) is 0 Å². The highest BCUT2D eigenvalue weighted by Crippen LogP contribution is 2.02. The van der Waals surface area contributed by atoms with Crippen molar-refractivity contribution in [1.29, 1.82) is 0 Å². The van der Waals surface area contributed by atoms with Gasteiger partial charge in [0, 0.05) is 12.6 Å². The van der Waals surface area contributed by atoms with Gasteiger partial charge in [0.1, 0.15) is 0 Å². The monoisotopic (exact) mass is 198 g/mol. The Morgan fingerprint density at radius 2 is 2.14 bits per heavy atom. The standard InChI is InChI=1S/C12H26N2/c1-5-7-8-9-12(11-14(3)4)13-10-6-2/h5,12-13H,1,6-11H2,2-4H3. The second-order valence-corrected chi connectivity index (χ2v) is 4.13. The highest BCUT2D eigenvalue weighted by atomic mass is 15.1. The molecule has 0 radical (unpaired) electrons. The Kier molecular flexibility index (Phi) is 9.00. The van der Waals surface area contributed by atoms with Gasteiger partial charge in [-0.25, -0.2) is 0 Å². The molecular weight excluding hydrogens is 172 g/mol. The zero-order chi connectivity index (χ0) is 10.8. The lowest BCUT2D eigenvalue weighted by atomic mass is 10.1. The molecule has 14 heavy (non-hydrogen) atoms. The van der Waals surface area contributed by atoms with Crippen molar-refractivity contribution in [3.8, 4) is 0 Å². The molecular formula is C12H26N2. The molecule has 0 spiro atoms. The number of allylic oxidation sites excluding steroid dienone is 1. The van der Waals surface area contributed by atoms with Crippen LogP contribution in [0.3, 0.4) is 0 Å². The predicted octanol–water partition coefficient (Wildman–Crippen LogP) is 2.27. The lowest BCUT2D eigenvalue weighted by Crippen LogP contribution is -2.38. The van der Waals surface area contributed by atoms with E-state index in [9.17, 15) is 0 Å². The minimum absolute atomic E-state index is 0.643. The van der Waals surface area contributed by atoms with Crippen molar-refractivity contribution >= 4 is 0 Å². The highest BCUT2D eigenvalue weighted by molar-refractivity contribution is 4.73. The third kappa shape index (κ3) is 8.27. The fourth-order valence-electron chi connectivity index (χ4n) is 1.56. The maximum Gasteiger partial charge on any atom is 0.0194 e. The van der Waals surface area contributed by atoms with Crippen molar-refractivity contribution in [2.45, 2.75) is 38.6 Å². The van der Waals surface area contributed by atoms with Gasteiger partial charge in [-0.15, -0.1) is 6.58 Å². The van der Waals surface area contributed by atoms with Crippen molar-refractivity contribution in [2.75, 3.05) is 27.2 Å². The average molecular weight is 198 g/mol. The van der Waals surface area contributed by atoms with Crippen LogP contribution in [0.2, 0.25) is 0 Å². The number of rotatable bonds is 9. The first kappa shape index (κ1) is 13.7. The summed E-state index contributed by atoms with van der Waals surface area (Å²) in [5.41, 5.74) is 0. The van der Waals surface area contributed by atoms with E-state index in [0.29, 0.717) is 6.04 Å². The van der Waals surface area contributed by atoms with Crippen LogP contribution in [-0.2, 0) is 0 Å². The van der Waals surface area contributed by atoms with Crippen LogP contribution >= 0.6 is 0 Å². The molecule has 1 atom stereocenters. The molecule has 0 heterocycles. The second-order valence-electron chi connectivity index (χ2n) is 4.13. The van der Waals surface area contributed by atoms with E-state index < -0.39 is 0 Å². The predicted molar refractivity (Wildman–Crippen MR) is 64.7 cm³/mol. The third-order valence-electron chi connectivity index (χ3n) is 2.23. The fraction of sp³-hybridized carbons (Fsp3) is 0.833. The summed E-state index contributed by atoms with van der Waals surface area (Å²) in [6, 6.07) is 0.643. The van der Waals surface area contributed by atoms with Gasteiger partial charge in [0.05, 0.1) is 0 Å². The van der Waals surface area contributed by atoms with Gasteiger partial charge in [0.25, 0.3) is 0 Å². The number of nitrogens with zero attached hydrogens (tertiary/aromatic N) is 1. The minimum Gasteiger partial charge on any atom is -0.313 e. The van der Waals surface area contributed by atoms with Crippen LogP contribution in [-0.4, -0.2) is 38.1 Å². The molecule has 0 saturated heterocycles. The van der Waals surface area contributed by atoms with Crippen molar-refractivity contribution in [3.05, 3.63) is 12.7 Å². The Hall–Kier alpha value is -0.340. The second kappa shape index (κ2) is 9.22. The topological polar surface area (TPSA) is 15.3 Å². The van der Waals surface area contributed by atoms with Crippen LogP contribution in [0.5, 0.6) is 0 Å². The maximum absolute atomic E-state index is 3.75. The summed E-state index contributed by atoms with van der Waals surface area (Å²) in [5.74, 6) is 0. The lowest BCUT2D eigenvalue weighted by Gasteiger charge is -2.22. The molecule has 84 valence electrons. The minimum atomic E-state index is 0.643. The van der Waals surface area contributed by atoms with E-state index in [4.69, 9.17) is 0 Å². The Morgan fingerprint density at radius 3 is 2.64 bits per heavy atom. The van der Waals surface area contributed by atoms with Gasteiger partial charge in [-0.3, -0.25) is 0 Å². The molecule has 0 aromatic rings. The molecule has 1 unspecified atom stereocenters. The molecule has 2 nitrogen and oxygen atoms in total. The fourth-order valence-corrected chi connectivity index (χ4v) is 1.56. The van der Waals surface area contributed by atoms with Gasteiger partial charge in [-0.1, -0.05) is 13.0 Å². The van der Waals surface area contributed by atoms with E-state index in [0.717, 1.165) is 19.5 Å². The summed E-state index contributed by atoms with van der Waals surface area (Å²) in [6.07, 6.45) is 6.86. The van der Waals surface area contributed by atoms with Crippen molar-refractivity contribution in [1.82, 2.24) is 10.2 Å². The largest absolute Gasteiger partial charge is 0.313 e. The van der Waals surface area contributed by atoms with E-state index in [1.807, 2.05) is 6.08 Å². The smallest absolute Gasteiger partial charge is 0.0194 e. The lowest BCUT2D eigenvalue weighted by molar-refractivity contribution is 0.323. The van der Waals surface area contributed by atoms with Gasteiger partial charge >= 0.3 is 0 Å². The molecule has 0 rings (SSSR count). The first-order chi connectivity index (χ1) is 6.70. The van der Waals surface area contributed by atoms with Crippen LogP contribution in [0.1, 0.15) is 32.6 Å². The number of hydrogen-bond donors (Lipinski definition) is 1. The van der Waals surface area contributed by atoms with Gasteiger partial charge < -0.3 is 10.2 Å². The summed E-state index contributed by atoms with van der Waals surface area (Å²) in [6.45, 7) is 8.23. The quantitative estimate of drug-likeness (QED) is 0.452. The Morgan fingerprint density at radius 1 is 1.43 bits per heavy atom. The highest BCUT2D eigenvalue weighted by Gasteiger charge is 2.07. The van der Waals surface area contributed by atoms with Crippen molar-refractivity contribution < 1.29 is 0 Å². The number of likely N-dealkylation sites (N-methyl/N-ethyl adjacent to an activating group) is 1. The van der Waals surface area contributed by atoms with Crippen LogP contribution in [0.15, 0.2) is 12.7 Å². The van der Waals surface area contributed by atoms with Crippen molar-refractivity contribution in [3.63, 3.8) is 0 Å². The summed E-state index contributed by atoms with van der Waals surface area (Å²) < 4.78 is 0. The first-order valence-electron chi connectivity index (χ1n) is 5.69. The molecule has 0 fully saturated rings. The van der Waals surface area contributed by atoms with Crippen LogP contribution in [0.25, 0.3) is 0 Å². The zero-order valence-electron chi connectivity index (χ0n) is 10.1. The Bertz CT molecular complexity index is 132. The van der Waals surface area contributed by atoms with Gasteiger partial charge in [-0.2, -0.15) is 0 Å². The summed E-state index contributed by atoms with van der Waals surface area (Å²) in [7, 11) is 4.27. The summed E-state index contributed by atoms with van der Waals surface area (Å²) in [4.78, 5) is 2.25. The molecule has 1 N–H and O–H groups in total. The molecule has 0 aliphatic carbocycles. The van der Waals surface area contributed by atoms with Gasteiger partial charge in [-0.05, 0) is 46.3 Å². The van der Waals surface area contributed by atoms with E-state index in [2.05, 4.69) is 37.8 Å². The molecule has 0 aromatic carbocycles. The van der Waals surface area contributed by atoms with Crippen LogP contribution < -0.4 is 5.32 Å². The Balaban J connectivity index is 3.65. The molecule has 0 aromatic heterocycles. The molecule has 0 saturated carbocycles. The normalized spacial score (nSPS) is 13.1. The van der Waals surface area contributed by atoms with E-state index in [1.54, 1.807) is 0 Å². The van der Waals surface area contributed by atoms with E-state index in [1.165, 1.54) is 19.3 Å². The van der Waals surface area contributed by atoms with Gasteiger partial charge in [0.2, 0.25) is 0 Å². The summed E-state index contributed by atoms with van der Waals surface area (Å²) in [5, 5.41) is 3.58. The summed E-state index contributed by atoms with van der Waals surface area (Å²) >= 11 is 0.